The van der Waals surface area contributed by atoms with Gasteiger partial charge in [0.1, 0.15) is 6.17 Å². The average Bonchev–Trinajstić information content (AvgIpc) is 2.78. The molecule has 2 rings (SSSR count). The highest BCUT2D eigenvalue weighted by Gasteiger charge is 2.37. The van der Waals surface area contributed by atoms with Crippen molar-refractivity contribution in [3.63, 3.8) is 0 Å². The first-order chi connectivity index (χ1) is 9.71. The van der Waals surface area contributed by atoms with Crippen molar-refractivity contribution in [2.75, 3.05) is 6.54 Å². The molecule has 0 aliphatic carbocycles. The van der Waals surface area contributed by atoms with Crippen LogP contribution >= 0.6 is 0 Å². The van der Waals surface area contributed by atoms with Gasteiger partial charge >= 0.3 is 6.18 Å². The average molecular weight is 300 g/mol. The molecule has 1 aliphatic heterocycles. The van der Waals surface area contributed by atoms with Crippen molar-refractivity contribution in [1.29, 1.82) is 0 Å². The van der Waals surface area contributed by atoms with Crippen molar-refractivity contribution < 1.29 is 18.0 Å². The molecule has 1 aromatic rings. The predicted molar refractivity (Wildman–Crippen MR) is 73.3 cm³/mol. The Morgan fingerprint density at radius 1 is 1.29 bits per heavy atom. The number of halogens is 3. The summed E-state index contributed by atoms with van der Waals surface area (Å²) in [6.07, 6.45) is -4.88. The maximum absolute atomic E-state index is 12.8. The number of carbonyl (C=O) groups is 1. The normalized spacial score (nSPS) is 21.2. The van der Waals surface area contributed by atoms with Gasteiger partial charge in [-0.15, -0.1) is 0 Å². The zero-order chi connectivity index (χ0) is 15.8. The fourth-order valence-corrected chi connectivity index (χ4v) is 2.46. The van der Waals surface area contributed by atoms with Gasteiger partial charge in [-0.05, 0) is 30.5 Å². The van der Waals surface area contributed by atoms with Gasteiger partial charge in [-0.25, -0.2) is 0 Å². The number of carbonyl (C=O) groups excluding carboxylic acids is 1. The topological polar surface area (TPSA) is 32.3 Å². The molecule has 0 aromatic heterocycles. The SMILES string of the molecule is CC(C)C(C)N1C(=O)CNC1c1cccc(C(F)(F)F)c1. The van der Waals surface area contributed by atoms with E-state index in [4.69, 9.17) is 0 Å². The van der Waals surface area contributed by atoms with Crippen molar-refractivity contribution in [2.24, 2.45) is 5.92 Å². The quantitative estimate of drug-likeness (QED) is 0.930. The molecule has 1 N–H and O–H groups in total. The highest BCUT2D eigenvalue weighted by atomic mass is 19.4. The summed E-state index contributed by atoms with van der Waals surface area (Å²) < 4.78 is 38.4. The minimum absolute atomic E-state index is 0.0490. The fourth-order valence-electron chi connectivity index (χ4n) is 2.46. The van der Waals surface area contributed by atoms with E-state index in [-0.39, 0.29) is 24.4 Å². The van der Waals surface area contributed by atoms with Crippen LogP contribution < -0.4 is 5.32 Å². The van der Waals surface area contributed by atoms with Crippen molar-refractivity contribution in [3.8, 4) is 0 Å². The lowest BCUT2D eigenvalue weighted by molar-refractivity contribution is -0.137. The summed E-state index contributed by atoms with van der Waals surface area (Å²) in [6, 6.07) is 5.09. The van der Waals surface area contributed by atoms with Crippen LogP contribution in [0.5, 0.6) is 0 Å². The lowest BCUT2D eigenvalue weighted by Crippen LogP contribution is -2.40. The number of benzene rings is 1. The summed E-state index contributed by atoms with van der Waals surface area (Å²) in [6.45, 7) is 6.03. The lowest BCUT2D eigenvalue weighted by Gasteiger charge is -2.33. The monoisotopic (exact) mass is 300 g/mol. The Morgan fingerprint density at radius 2 is 1.95 bits per heavy atom. The summed E-state index contributed by atoms with van der Waals surface area (Å²) in [5, 5.41) is 3.00. The smallest absolute Gasteiger partial charge is 0.319 e. The van der Waals surface area contributed by atoms with Crippen LogP contribution in [0.2, 0.25) is 0 Å². The second kappa shape index (κ2) is 5.67. The number of hydrogen-bond acceptors (Lipinski definition) is 2. The highest BCUT2D eigenvalue weighted by molar-refractivity contribution is 5.81. The summed E-state index contributed by atoms with van der Waals surface area (Å²) in [5.74, 6) is 0.140. The number of nitrogens with zero attached hydrogens (tertiary/aromatic N) is 1. The van der Waals surface area contributed by atoms with Gasteiger partial charge in [-0.3, -0.25) is 10.1 Å². The molecule has 1 aliphatic rings. The molecule has 6 heteroatoms. The van der Waals surface area contributed by atoms with Crippen LogP contribution in [-0.2, 0) is 11.0 Å². The Labute approximate surface area is 122 Å². The van der Waals surface area contributed by atoms with Gasteiger partial charge in [0.2, 0.25) is 5.91 Å². The molecule has 0 saturated carbocycles. The molecule has 1 heterocycles. The van der Waals surface area contributed by atoms with Gasteiger partial charge in [0.15, 0.2) is 0 Å². The Kier molecular flexibility index (Phi) is 4.27. The zero-order valence-corrected chi connectivity index (χ0v) is 12.2. The van der Waals surface area contributed by atoms with Gasteiger partial charge in [-0.1, -0.05) is 26.0 Å². The third-order valence-electron chi connectivity index (χ3n) is 3.95. The summed E-state index contributed by atoms with van der Waals surface area (Å²) in [5.41, 5.74) is -0.235. The van der Waals surface area contributed by atoms with Crippen LogP contribution in [0.1, 0.15) is 38.1 Å². The van der Waals surface area contributed by atoms with Crippen molar-refractivity contribution in [2.45, 2.75) is 39.2 Å². The second-order valence-corrected chi connectivity index (χ2v) is 5.69. The van der Waals surface area contributed by atoms with Crippen LogP contribution in [0.3, 0.4) is 0 Å². The Balaban J connectivity index is 2.34. The van der Waals surface area contributed by atoms with E-state index in [2.05, 4.69) is 5.32 Å². The van der Waals surface area contributed by atoms with Gasteiger partial charge in [0.05, 0.1) is 12.1 Å². The van der Waals surface area contributed by atoms with E-state index in [1.807, 2.05) is 20.8 Å². The molecule has 3 nitrogen and oxygen atoms in total. The van der Waals surface area contributed by atoms with E-state index < -0.39 is 17.9 Å². The van der Waals surface area contributed by atoms with Crippen molar-refractivity contribution >= 4 is 5.91 Å². The van der Waals surface area contributed by atoms with Crippen LogP contribution in [0.25, 0.3) is 0 Å². The number of amides is 1. The first kappa shape index (κ1) is 15.8. The van der Waals surface area contributed by atoms with E-state index in [1.54, 1.807) is 11.0 Å². The number of rotatable bonds is 3. The predicted octanol–water partition coefficient (Wildman–Crippen LogP) is 3.18. The molecule has 2 unspecified atom stereocenters. The van der Waals surface area contributed by atoms with Crippen molar-refractivity contribution in [1.82, 2.24) is 10.2 Å². The van der Waals surface area contributed by atoms with Crippen LogP contribution in [0.15, 0.2) is 24.3 Å². The number of nitrogens with one attached hydrogen (secondary N) is 1. The Bertz CT molecular complexity index is 528. The zero-order valence-electron chi connectivity index (χ0n) is 12.2. The van der Waals surface area contributed by atoms with E-state index >= 15 is 0 Å². The molecule has 0 spiro atoms. The molecule has 1 amide bonds. The van der Waals surface area contributed by atoms with E-state index in [1.165, 1.54) is 6.07 Å². The van der Waals surface area contributed by atoms with Crippen LogP contribution in [0, 0.1) is 5.92 Å². The minimum atomic E-state index is -4.38. The second-order valence-electron chi connectivity index (χ2n) is 5.69. The highest BCUT2D eigenvalue weighted by Crippen LogP contribution is 2.33. The van der Waals surface area contributed by atoms with Gasteiger partial charge in [0, 0.05) is 6.04 Å². The molecule has 1 aromatic carbocycles. The Morgan fingerprint density at radius 3 is 2.52 bits per heavy atom. The van der Waals surface area contributed by atoms with Gasteiger partial charge < -0.3 is 4.90 Å². The number of hydrogen-bond donors (Lipinski definition) is 1. The molecule has 21 heavy (non-hydrogen) atoms. The van der Waals surface area contributed by atoms with Crippen LogP contribution in [0.4, 0.5) is 13.2 Å². The lowest BCUT2D eigenvalue weighted by atomic mass is 10.0. The summed E-state index contributed by atoms with van der Waals surface area (Å²) in [4.78, 5) is 13.7. The molecular formula is C15H19F3N2O. The largest absolute Gasteiger partial charge is 0.416 e. The molecule has 0 radical (unpaired) electrons. The Hall–Kier alpha value is -1.56. The maximum atomic E-state index is 12.8. The third kappa shape index (κ3) is 3.20. The van der Waals surface area contributed by atoms with Gasteiger partial charge in [-0.2, -0.15) is 13.2 Å². The van der Waals surface area contributed by atoms with E-state index in [0.717, 1.165) is 12.1 Å². The number of alkyl halides is 3. The van der Waals surface area contributed by atoms with Crippen molar-refractivity contribution in [3.05, 3.63) is 35.4 Å². The standard InChI is InChI=1S/C15H19F3N2O/c1-9(2)10(3)20-13(21)8-19-14(20)11-5-4-6-12(7-11)15(16,17)18/h4-7,9-10,14,19H,8H2,1-3H3. The minimum Gasteiger partial charge on any atom is -0.319 e. The molecule has 2 atom stereocenters. The maximum Gasteiger partial charge on any atom is 0.416 e. The van der Waals surface area contributed by atoms with Crippen LogP contribution in [-0.4, -0.2) is 23.4 Å². The third-order valence-corrected chi connectivity index (χ3v) is 3.95. The fraction of sp³-hybridized carbons (Fsp3) is 0.533. The molecule has 1 saturated heterocycles. The molecule has 116 valence electrons. The summed E-state index contributed by atoms with van der Waals surface area (Å²) >= 11 is 0. The summed E-state index contributed by atoms with van der Waals surface area (Å²) in [7, 11) is 0. The molecule has 0 bridgehead atoms. The van der Waals surface area contributed by atoms with E-state index in [0.29, 0.717) is 5.56 Å². The first-order valence-electron chi connectivity index (χ1n) is 6.93. The molecule has 1 fully saturated rings. The van der Waals surface area contributed by atoms with E-state index in [9.17, 15) is 18.0 Å². The van der Waals surface area contributed by atoms with Gasteiger partial charge in [0.25, 0.3) is 0 Å². The molecular weight excluding hydrogens is 281 g/mol. The first-order valence-corrected chi connectivity index (χ1v) is 6.93.